The standard InChI is InChI=1S/C14H16F3N3O2/c1-2-20(6-7-21)9-12-18-13(19-22-12)10-4-3-5-11(8-10)14(15,16)17/h3-5,8,21H,2,6-7,9H2,1H3. The summed E-state index contributed by atoms with van der Waals surface area (Å²) in [4.78, 5) is 5.98. The van der Waals surface area contributed by atoms with Gasteiger partial charge in [-0.3, -0.25) is 4.90 Å². The number of benzene rings is 1. The van der Waals surface area contributed by atoms with Crippen LogP contribution in [0.5, 0.6) is 0 Å². The highest BCUT2D eigenvalue weighted by Crippen LogP contribution is 2.31. The predicted octanol–water partition coefficient (Wildman–Crippen LogP) is 2.57. The van der Waals surface area contributed by atoms with Crippen LogP contribution in [0.25, 0.3) is 11.4 Å². The average molecular weight is 315 g/mol. The molecule has 1 N–H and O–H groups in total. The molecule has 2 aromatic rings. The summed E-state index contributed by atoms with van der Waals surface area (Å²) in [6.45, 7) is 3.39. The molecule has 0 aliphatic carbocycles. The monoisotopic (exact) mass is 315 g/mol. The van der Waals surface area contributed by atoms with Gasteiger partial charge in [-0.05, 0) is 18.7 Å². The van der Waals surface area contributed by atoms with E-state index in [2.05, 4.69) is 10.1 Å². The van der Waals surface area contributed by atoms with Gasteiger partial charge in [-0.15, -0.1) is 0 Å². The van der Waals surface area contributed by atoms with E-state index < -0.39 is 11.7 Å². The van der Waals surface area contributed by atoms with Gasteiger partial charge in [0.1, 0.15) is 0 Å². The minimum absolute atomic E-state index is 0.00244. The molecule has 0 amide bonds. The first kappa shape index (κ1) is 16.4. The molecule has 1 heterocycles. The lowest BCUT2D eigenvalue weighted by Crippen LogP contribution is -2.26. The van der Waals surface area contributed by atoms with Gasteiger partial charge in [0.05, 0.1) is 18.7 Å². The molecule has 0 saturated heterocycles. The molecule has 0 saturated carbocycles. The number of aliphatic hydroxyl groups is 1. The number of aromatic nitrogens is 2. The van der Waals surface area contributed by atoms with Gasteiger partial charge in [0.15, 0.2) is 0 Å². The van der Waals surface area contributed by atoms with Crippen LogP contribution < -0.4 is 0 Å². The first-order valence-corrected chi connectivity index (χ1v) is 6.77. The van der Waals surface area contributed by atoms with Crippen LogP contribution in [0.3, 0.4) is 0 Å². The second kappa shape index (κ2) is 6.89. The highest BCUT2D eigenvalue weighted by atomic mass is 19.4. The number of likely N-dealkylation sites (N-methyl/N-ethyl adjacent to an activating group) is 1. The van der Waals surface area contributed by atoms with Gasteiger partial charge in [-0.1, -0.05) is 24.2 Å². The molecule has 0 radical (unpaired) electrons. The zero-order valence-corrected chi connectivity index (χ0v) is 12.0. The average Bonchev–Trinajstić information content (AvgIpc) is 2.94. The lowest BCUT2D eigenvalue weighted by Gasteiger charge is -2.15. The summed E-state index contributed by atoms with van der Waals surface area (Å²) in [6.07, 6.45) is -4.41. The second-order valence-corrected chi connectivity index (χ2v) is 4.68. The van der Waals surface area contributed by atoms with E-state index in [1.54, 1.807) is 0 Å². The number of alkyl halides is 3. The van der Waals surface area contributed by atoms with E-state index in [4.69, 9.17) is 9.63 Å². The van der Waals surface area contributed by atoms with Crippen molar-refractivity contribution in [3.8, 4) is 11.4 Å². The molecule has 0 fully saturated rings. The van der Waals surface area contributed by atoms with Crippen LogP contribution in [-0.4, -0.2) is 39.8 Å². The Hall–Kier alpha value is -1.93. The molecule has 0 unspecified atom stereocenters. The normalized spacial score (nSPS) is 12.1. The summed E-state index contributed by atoms with van der Waals surface area (Å²) in [5.74, 6) is 0.406. The third kappa shape index (κ3) is 4.05. The Bertz CT molecular complexity index is 613. The number of rotatable bonds is 6. The lowest BCUT2D eigenvalue weighted by atomic mass is 10.1. The molecule has 120 valence electrons. The zero-order valence-electron chi connectivity index (χ0n) is 12.0. The third-order valence-corrected chi connectivity index (χ3v) is 3.14. The first-order chi connectivity index (χ1) is 10.4. The number of nitrogens with zero attached hydrogens (tertiary/aromatic N) is 3. The number of aliphatic hydroxyl groups excluding tert-OH is 1. The van der Waals surface area contributed by atoms with Gasteiger partial charge >= 0.3 is 6.18 Å². The van der Waals surface area contributed by atoms with Crippen LogP contribution in [0.2, 0.25) is 0 Å². The van der Waals surface area contributed by atoms with Gasteiger partial charge in [0.25, 0.3) is 0 Å². The summed E-state index contributed by atoms with van der Waals surface area (Å²) in [6, 6.07) is 4.78. The minimum Gasteiger partial charge on any atom is -0.395 e. The Morgan fingerprint density at radius 3 is 2.73 bits per heavy atom. The second-order valence-electron chi connectivity index (χ2n) is 4.68. The summed E-state index contributed by atoms with van der Waals surface area (Å²) in [5, 5.41) is 12.6. The van der Waals surface area contributed by atoms with Crippen LogP contribution in [0.1, 0.15) is 18.4 Å². The topological polar surface area (TPSA) is 62.4 Å². The van der Waals surface area contributed by atoms with Crippen LogP contribution >= 0.6 is 0 Å². The van der Waals surface area contributed by atoms with E-state index in [0.29, 0.717) is 25.5 Å². The van der Waals surface area contributed by atoms with E-state index >= 15 is 0 Å². The Kier molecular flexibility index (Phi) is 5.15. The fraction of sp³-hybridized carbons (Fsp3) is 0.429. The van der Waals surface area contributed by atoms with Crippen LogP contribution in [0.15, 0.2) is 28.8 Å². The van der Waals surface area contributed by atoms with Crippen molar-refractivity contribution in [2.75, 3.05) is 19.7 Å². The van der Waals surface area contributed by atoms with Gasteiger partial charge in [0.2, 0.25) is 11.7 Å². The van der Waals surface area contributed by atoms with Gasteiger partial charge < -0.3 is 9.63 Å². The molecule has 0 bridgehead atoms. The summed E-state index contributed by atoms with van der Waals surface area (Å²) < 4.78 is 43.1. The fourth-order valence-electron chi connectivity index (χ4n) is 1.95. The van der Waals surface area contributed by atoms with Crippen molar-refractivity contribution in [1.82, 2.24) is 15.0 Å². The van der Waals surface area contributed by atoms with Crippen molar-refractivity contribution in [1.29, 1.82) is 0 Å². The van der Waals surface area contributed by atoms with Gasteiger partial charge in [-0.25, -0.2) is 0 Å². The van der Waals surface area contributed by atoms with Gasteiger partial charge in [0, 0.05) is 12.1 Å². The molecule has 5 nitrogen and oxygen atoms in total. The SMILES string of the molecule is CCN(CCO)Cc1nc(-c2cccc(C(F)(F)F)c2)no1. The largest absolute Gasteiger partial charge is 0.416 e. The third-order valence-electron chi connectivity index (χ3n) is 3.14. The molecule has 0 aliphatic rings. The summed E-state index contributed by atoms with van der Waals surface area (Å²) >= 11 is 0. The van der Waals surface area contributed by atoms with Crippen molar-refractivity contribution in [2.45, 2.75) is 19.6 Å². The number of hydrogen-bond donors (Lipinski definition) is 1. The molecule has 1 aromatic heterocycles. The predicted molar refractivity (Wildman–Crippen MR) is 72.8 cm³/mol. The maximum absolute atomic E-state index is 12.7. The Morgan fingerprint density at radius 2 is 2.09 bits per heavy atom. The molecule has 1 aromatic carbocycles. The lowest BCUT2D eigenvalue weighted by molar-refractivity contribution is -0.137. The van der Waals surface area contributed by atoms with Crippen molar-refractivity contribution in [2.24, 2.45) is 0 Å². The minimum atomic E-state index is -4.41. The number of halogens is 3. The molecule has 0 atom stereocenters. The molecule has 0 aliphatic heterocycles. The first-order valence-electron chi connectivity index (χ1n) is 6.77. The van der Waals surface area contributed by atoms with E-state index in [-0.39, 0.29) is 18.0 Å². The highest BCUT2D eigenvalue weighted by molar-refractivity contribution is 5.55. The van der Waals surface area contributed by atoms with Crippen LogP contribution in [0.4, 0.5) is 13.2 Å². The molecular weight excluding hydrogens is 299 g/mol. The molecular formula is C14H16F3N3O2. The van der Waals surface area contributed by atoms with Crippen molar-refractivity contribution < 1.29 is 22.8 Å². The molecule has 0 spiro atoms. The van der Waals surface area contributed by atoms with E-state index in [1.807, 2.05) is 11.8 Å². The van der Waals surface area contributed by atoms with Crippen LogP contribution in [0, 0.1) is 0 Å². The smallest absolute Gasteiger partial charge is 0.395 e. The summed E-state index contributed by atoms with van der Waals surface area (Å²) in [7, 11) is 0. The maximum Gasteiger partial charge on any atom is 0.416 e. The van der Waals surface area contributed by atoms with Crippen LogP contribution in [-0.2, 0) is 12.7 Å². The summed E-state index contributed by atoms with van der Waals surface area (Å²) in [5.41, 5.74) is -0.512. The van der Waals surface area contributed by atoms with Crippen molar-refractivity contribution in [3.05, 3.63) is 35.7 Å². The van der Waals surface area contributed by atoms with Crippen molar-refractivity contribution in [3.63, 3.8) is 0 Å². The molecule has 8 heteroatoms. The Balaban J connectivity index is 2.18. The van der Waals surface area contributed by atoms with Gasteiger partial charge in [-0.2, -0.15) is 18.2 Å². The number of hydrogen-bond acceptors (Lipinski definition) is 5. The Morgan fingerprint density at radius 1 is 1.32 bits per heavy atom. The van der Waals surface area contributed by atoms with E-state index in [0.717, 1.165) is 12.1 Å². The Labute approximate surface area is 125 Å². The quantitative estimate of drug-likeness (QED) is 0.887. The highest BCUT2D eigenvalue weighted by Gasteiger charge is 2.30. The maximum atomic E-state index is 12.7. The van der Waals surface area contributed by atoms with Crippen molar-refractivity contribution >= 4 is 0 Å². The molecule has 2 rings (SSSR count). The molecule has 22 heavy (non-hydrogen) atoms. The van der Waals surface area contributed by atoms with E-state index in [9.17, 15) is 13.2 Å². The van der Waals surface area contributed by atoms with E-state index in [1.165, 1.54) is 12.1 Å². The fourth-order valence-corrected chi connectivity index (χ4v) is 1.95. The zero-order chi connectivity index (χ0) is 16.2.